The van der Waals surface area contributed by atoms with Crippen molar-refractivity contribution in [3.05, 3.63) is 21.7 Å². The third kappa shape index (κ3) is 8.23. The molecular weight excluding hydrogens is 296 g/mol. The molecule has 0 aromatic heterocycles. The normalized spacial score (nSPS) is 15.3. The maximum atomic E-state index is 7.50. The molecule has 3 nitrogen and oxygen atoms in total. The fourth-order valence-corrected chi connectivity index (χ4v) is 2.38. The molecule has 0 amide bonds. The van der Waals surface area contributed by atoms with Crippen molar-refractivity contribution in [3.63, 3.8) is 0 Å². The van der Waals surface area contributed by atoms with Gasteiger partial charge in [0.2, 0.25) is 0 Å². The Kier molecular flexibility index (Phi) is 19.3. The number of hydrogen-bond acceptors (Lipinski definition) is 3. The first-order chi connectivity index (χ1) is 9.60. The van der Waals surface area contributed by atoms with Gasteiger partial charge in [0.15, 0.2) is 0 Å². The molecular formula is C16H21FeO3. The van der Waals surface area contributed by atoms with Gasteiger partial charge in [-0.1, -0.05) is 0 Å². The van der Waals surface area contributed by atoms with E-state index in [1.807, 2.05) is 0 Å². The summed E-state index contributed by atoms with van der Waals surface area (Å²) in [6, 6.07) is 0. The second-order valence-corrected chi connectivity index (χ2v) is 5.03. The van der Waals surface area contributed by atoms with Crippen molar-refractivity contribution in [2.45, 2.75) is 47.0 Å². The monoisotopic (exact) mass is 317 g/mol. The number of carbonyl (C=O) groups excluding carboxylic acids is 3. The van der Waals surface area contributed by atoms with E-state index in [-0.39, 0.29) is 0 Å². The molecule has 0 aliphatic heterocycles. The summed E-state index contributed by atoms with van der Waals surface area (Å²) in [5, 5.41) is 0. The van der Waals surface area contributed by atoms with Crippen LogP contribution < -0.4 is 0 Å². The van der Waals surface area contributed by atoms with Crippen LogP contribution in [-0.2, 0) is 30.4 Å². The van der Waals surface area contributed by atoms with E-state index in [0.717, 1.165) is 12.3 Å². The first-order valence-corrected chi connectivity index (χ1v) is 6.84. The SMILES string of the molecule is CCC(C)C1=CC(C(C)CC)=[C]([Fe])C1.[C]=O.[C]=O.[C]=O. The molecule has 2 unspecified atom stereocenters. The Morgan fingerprint density at radius 3 is 1.75 bits per heavy atom. The molecule has 0 bridgehead atoms. The molecule has 0 aromatic rings. The van der Waals surface area contributed by atoms with Gasteiger partial charge in [0.1, 0.15) is 0 Å². The van der Waals surface area contributed by atoms with Crippen LogP contribution in [0, 0.1) is 11.8 Å². The average Bonchev–Trinajstić information content (AvgIpc) is 2.93. The number of rotatable bonds is 4. The molecule has 0 saturated carbocycles. The Labute approximate surface area is 131 Å². The van der Waals surface area contributed by atoms with E-state index in [9.17, 15) is 0 Å². The van der Waals surface area contributed by atoms with Crippen LogP contribution in [0.1, 0.15) is 47.0 Å². The van der Waals surface area contributed by atoms with Gasteiger partial charge in [-0.2, -0.15) is 0 Å². The summed E-state index contributed by atoms with van der Waals surface area (Å²) in [4.78, 5) is 22.5. The maximum absolute atomic E-state index is 7.50. The van der Waals surface area contributed by atoms with E-state index in [1.165, 1.54) is 22.9 Å². The second kappa shape index (κ2) is 16.1. The molecule has 0 N–H and O–H groups in total. The van der Waals surface area contributed by atoms with Gasteiger partial charge in [-0.15, -0.1) is 0 Å². The van der Waals surface area contributed by atoms with E-state index in [2.05, 4.69) is 70.2 Å². The summed E-state index contributed by atoms with van der Waals surface area (Å²) in [5.41, 5.74) is 3.09. The van der Waals surface area contributed by atoms with E-state index in [1.54, 1.807) is 5.57 Å². The first kappa shape index (κ1) is 24.1. The van der Waals surface area contributed by atoms with Crippen molar-refractivity contribution in [1.82, 2.24) is 0 Å². The zero-order valence-corrected chi connectivity index (χ0v) is 13.5. The summed E-state index contributed by atoms with van der Waals surface area (Å²) in [6.45, 7) is 22.6. The molecule has 1 aliphatic rings. The summed E-state index contributed by atoms with van der Waals surface area (Å²) < 4.78 is 1.36. The van der Waals surface area contributed by atoms with Gasteiger partial charge in [0.05, 0.1) is 0 Å². The van der Waals surface area contributed by atoms with Crippen molar-refractivity contribution >= 4 is 20.4 Å². The summed E-state index contributed by atoms with van der Waals surface area (Å²) >= 11 is 4.18. The van der Waals surface area contributed by atoms with E-state index < -0.39 is 0 Å². The van der Waals surface area contributed by atoms with Crippen LogP contribution in [0.4, 0.5) is 0 Å². The first-order valence-electron chi connectivity index (χ1n) is 6.29. The van der Waals surface area contributed by atoms with Crippen LogP contribution in [0.2, 0.25) is 0 Å². The molecule has 0 heterocycles. The Morgan fingerprint density at radius 2 is 1.40 bits per heavy atom. The molecule has 1 rings (SSSR count). The molecule has 0 spiro atoms. The minimum Gasteiger partial charge on any atom is -0.281 e. The largest absolute Gasteiger partial charge is 0.281 e. The standard InChI is InChI=1S/C13H21.3CO.Fe/c1-5-10(3)12-7-8-13(9-12)11(4)6-2;3*1-2;/h9-11H,5-7H2,1-4H3;;;;. The van der Waals surface area contributed by atoms with E-state index in [4.69, 9.17) is 14.4 Å². The molecule has 6 radical (unpaired) electrons. The predicted molar refractivity (Wildman–Crippen MR) is 75.7 cm³/mol. The quantitative estimate of drug-likeness (QED) is 0.749. The Morgan fingerprint density at radius 1 is 1.00 bits per heavy atom. The van der Waals surface area contributed by atoms with Gasteiger partial charge in [-0.3, -0.25) is 14.4 Å². The molecule has 20 heavy (non-hydrogen) atoms. The zero-order chi connectivity index (χ0) is 16.7. The van der Waals surface area contributed by atoms with Gasteiger partial charge < -0.3 is 0 Å². The van der Waals surface area contributed by atoms with Crippen molar-refractivity contribution in [3.8, 4) is 0 Å². The smallest absolute Gasteiger partial charge is 0.281 e. The topological polar surface area (TPSA) is 51.2 Å². The third-order valence-electron chi connectivity index (χ3n) is 3.39. The number of hydrogen-bond donors (Lipinski definition) is 0. The van der Waals surface area contributed by atoms with Crippen molar-refractivity contribution in [2.24, 2.45) is 11.8 Å². The minimum atomic E-state index is 0.684. The molecule has 0 fully saturated rings. The Hall–Kier alpha value is -0.991. The second-order valence-electron chi connectivity index (χ2n) is 4.36. The average molecular weight is 317 g/mol. The van der Waals surface area contributed by atoms with Crippen LogP contribution in [0.25, 0.3) is 0 Å². The predicted octanol–water partition coefficient (Wildman–Crippen LogP) is 3.02. The Balaban J connectivity index is -0.000000425. The van der Waals surface area contributed by atoms with Crippen LogP contribution in [0.5, 0.6) is 0 Å². The van der Waals surface area contributed by atoms with Gasteiger partial charge in [-0.05, 0) is 0 Å². The minimum absolute atomic E-state index is 0.684. The van der Waals surface area contributed by atoms with E-state index >= 15 is 0 Å². The van der Waals surface area contributed by atoms with Crippen LogP contribution in [0.3, 0.4) is 0 Å². The fourth-order valence-electron chi connectivity index (χ4n) is 1.81. The van der Waals surface area contributed by atoms with Crippen molar-refractivity contribution < 1.29 is 30.4 Å². The number of allylic oxidation sites excluding steroid dienone is 4. The molecule has 1 aliphatic carbocycles. The summed E-state index contributed by atoms with van der Waals surface area (Å²) in [7, 11) is 0. The van der Waals surface area contributed by atoms with Crippen molar-refractivity contribution in [2.75, 3.05) is 0 Å². The van der Waals surface area contributed by atoms with E-state index in [0.29, 0.717) is 5.92 Å². The Bertz CT molecular complexity index is 306. The zero-order valence-electron chi connectivity index (χ0n) is 12.4. The maximum Gasteiger partial charge on any atom is 0.281 e. The summed E-state index contributed by atoms with van der Waals surface area (Å²) in [6.07, 6.45) is 5.99. The molecule has 2 atom stereocenters. The van der Waals surface area contributed by atoms with Crippen LogP contribution >= 0.6 is 0 Å². The summed E-state index contributed by atoms with van der Waals surface area (Å²) in [5.74, 6) is 1.41. The third-order valence-corrected chi connectivity index (χ3v) is 3.90. The molecule has 0 saturated heterocycles. The van der Waals surface area contributed by atoms with Crippen LogP contribution in [-0.4, -0.2) is 20.4 Å². The molecule has 4 heteroatoms. The molecule has 111 valence electrons. The van der Waals surface area contributed by atoms with Gasteiger partial charge in [0.25, 0.3) is 20.4 Å². The van der Waals surface area contributed by atoms with Gasteiger partial charge in [-0.25, -0.2) is 0 Å². The molecule has 0 aromatic carbocycles. The van der Waals surface area contributed by atoms with Gasteiger partial charge in [0, 0.05) is 0 Å². The van der Waals surface area contributed by atoms with Crippen LogP contribution in [0.15, 0.2) is 21.7 Å². The van der Waals surface area contributed by atoms with Crippen molar-refractivity contribution in [1.29, 1.82) is 0 Å². The van der Waals surface area contributed by atoms with Gasteiger partial charge >= 0.3 is 96.5 Å². The fraction of sp³-hybridized carbons (Fsp3) is 0.562.